The highest BCUT2D eigenvalue weighted by Gasteiger charge is 2.36. The van der Waals surface area contributed by atoms with Gasteiger partial charge in [-0.15, -0.1) is 0 Å². The number of carbonyl (C=O) groups is 1. The first-order valence-electron chi connectivity index (χ1n) is 6.26. The minimum atomic E-state index is -3.31. The van der Waals surface area contributed by atoms with Gasteiger partial charge in [0.2, 0.25) is 5.91 Å². The van der Waals surface area contributed by atoms with Gasteiger partial charge in [0.15, 0.2) is 9.84 Å². The van der Waals surface area contributed by atoms with Crippen molar-refractivity contribution in [3.63, 3.8) is 0 Å². The quantitative estimate of drug-likeness (QED) is 0.826. The fourth-order valence-electron chi connectivity index (χ4n) is 2.31. The molecule has 0 saturated carbocycles. The number of sulfone groups is 1. The number of hydrogen-bond acceptors (Lipinski definition) is 4. The van der Waals surface area contributed by atoms with Gasteiger partial charge in [-0.05, 0) is 31.0 Å². The van der Waals surface area contributed by atoms with Crippen LogP contribution < -0.4 is 10.6 Å². The van der Waals surface area contributed by atoms with E-state index in [0.717, 1.165) is 6.42 Å². The molecule has 1 saturated heterocycles. The predicted molar refractivity (Wildman–Crippen MR) is 75.7 cm³/mol. The molecule has 2 N–H and O–H groups in total. The summed E-state index contributed by atoms with van der Waals surface area (Å²) in [5.41, 5.74) is 6.83. The third kappa shape index (κ3) is 2.89. The van der Waals surface area contributed by atoms with Gasteiger partial charge in [-0.2, -0.15) is 0 Å². The highest BCUT2D eigenvalue weighted by Crippen LogP contribution is 2.24. The van der Waals surface area contributed by atoms with Crippen LogP contribution in [0.1, 0.15) is 19.3 Å². The summed E-state index contributed by atoms with van der Waals surface area (Å²) in [6, 6.07) is 6.86. The molecule has 104 valence electrons. The molecule has 2 rings (SSSR count). The molecule has 19 heavy (non-hydrogen) atoms. The Labute approximate surface area is 113 Å². The molecule has 0 aliphatic carbocycles. The van der Waals surface area contributed by atoms with E-state index in [1.807, 2.05) is 0 Å². The standard InChI is InChI=1S/C13H18N2O3S/c1-15(11-6-4-5-10(14)9-11)13(16)12-7-2-3-8-19(12,17)18/h4-6,9,12H,2-3,7-8,14H2,1H3. The predicted octanol–water partition coefficient (Wildman–Crippen LogP) is 1.20. The Morgan fingerprint density at radius 1 is 1.37 bits per heavy atom. The van der Waals surface area contributed by atoms with Crippen molar-refractivity contribution in [2.75, 3.05) is 23.4 Å². The Morgan fingerprint density at radius 3 is 2.74 bits per heavy atom. The first kappa shape index (κ1) is 13.9. The Morgan fingerprint density at radius 2 is 2.11 bits per heavy atom. The van der Waals surface area contributed by atoms with Gasteiger partial charge in [-0.3, -0.25) is 4.79 Å². The van der Waals surface area contributed by atoms with Crippen molar-refractivity contribution in [1.82, 2.24) is 0 Å². The van der Waals surface area contributed by atoms with Crippen molar-refractivity contribution in [3.05, 3.63) is 24.3 Å². The molecule has 0 aromatic heterocycles. The van der Waals surface area contributed by atoms with Gasteiger partial charge in [0, 0.05) is 18.4 Å². The van der Waals surface area contributed by atoms with Crippen molar-refractivity contribution in [2.45, 2.75) is 24.5 Å². The van der Waals surface area contributed by atoms with Crippen LogP contribution in [-0.2, 0) is 14.6 Å². The summed E-state index contributed by atoms with van der Waals surface area (Å²) in [6.45, 7) is 0. The highest BCUT2D eigenvalue weighted by molar-refractivity contribution is 7.92. The molecule has 1 unspecified atom stereocenters. The smallest absolute Gasteiger partial charge is 0.245 e. The third-order valence-corrected chi connectivity index (χ3v) is 5.60. The maximum Gasteiger partial charge on any atom is 0.245 e. The molecular formula is C13H18N2O3S. The van der Waals surface area contributed by atoms with Gasteiger partial charge in [0.05, 0.1) is 5.75 Å². The van der Waals surface area contributed by atoms with Crippen LogP contribution in [0.5, 0.6) is 0 Å². The molecular weight excluding hydrogens is 264 g/mol. The van der Waals surface area contributed by atoms with Gasteiger partial charge in [-0.1, -0.05) is 12.5 Å². The average Bonchev–Trinajstić information content (AvgIpc) is 2.36. The van der Waals surface area contributed by atoms with Crippen LogP contribution in [0.15, 0.2) is 24.3 Å². The van der Waals surface area contributed by atoms with Gasteiger partial charge < -0.3 is 10.6 Å². The van der Waals surface area contributed by atoms with Crippen LogP contribution in [-0.4, -0.2) is 32.4 Å². The van der Waals surface area contributed by atoms with Crippen molar-refractivity contribution in [2.24, 2.45) is 0 Å². The molecule has 0 bridgehead atoms. The molecule has 6 heteroatoms. The number of nitrogens with zero attached hydrogens (tertiary/aromatic N) is 1. The number of anilines is 2. The monoisotopic (exact) mass is 282 g/mol. The van der Waals surface area contributed by atoms with Crippen LogP contribution in [0, 0.1) is 0 Å². The maximum atomic E-state index is 12.3. The second-order valence-electron chi connectivity index (χ2n) is 4.84. The molecule has 1 aliphatic heterocycles. The summed E-state index contributed by atoms with van der Waals surface area (Å²) >= 11 is 0. The molecule has 1 amide bonds. The summed E-state index contributed by atoms with van der Waals surface area (Å²) in [4.78, 5) is 13.7. The van der Waals surface area contributed by atoms with Crippen molar-refractivity contribution in [1.29, 1.82) is 0 Å². The van der Waals surface area contributed by atoms with E-state index in [1.54, 1.807) is 31.3 Å². The van der Waals surface area contributed by atoms with Crippen LogP contribution in [0.3, 0.4) is 0 Å². The fourth-order valence-corrected chi connectivity index (χ4v) is 4.19. The zero-order valence-corrected chi connectivity index (χ0v) is 11.7. The SMILES string of the molecule is CN(C(=O)C1CCCCS1(=O)=O)c1cccc(N)c1. The Bertz CT molecular complexity index is 583. The third-order valence-electron chi connectivity index (χ3n) is 3.44. The largest absolute Gasteiger partial charge is 0.399 e. The van der Waals surface area contributed by atoms with E-state index in [2.05, 4.69) is 0 Å². The van der Waals surface area contributed by atoms with E-state index < -0.39 is 15.1 Å². The summed E-state index contributed by atoms with van der Waals surface area (Å²) in [6.07, 6.45) is 1.84. The van der Waals surface area contributed by atoms with E-state index in [9.17, 15) is 13.2 Å². The van der Waals surface area contributed by atoms with Crippen LogP contribution in [0.4, 0.5) is 11.4 Å². The minimum absolute atomic E-state index is 0.105. The minimum Gasteiger partial charge on any atom is -0.399 e. The van der Waals surface area contributed by atoms with Gasteiger partial charge in [0.1, 0.15) is 5.25 Å². The molecule has 1 aromatic carbocycles. The molecule has 1 heterocycles. The van der Waals surface area contributed by atoms with E-state index in [-0.39, 0.29) is 11.7 Å². The first-order chi connectivity index (χ1) is 8.92. The molecule has 1 atom stereocenters. The summed E-state index contributed by atoms with van der Waals surface area (Å²) in [5, 5.41) is -0.910. The Hall–Kier alpha value is -1.56. The van der Waals surface area contributed by atoms with Crippen molar-refractivity contribution >= 4 is 27.1 Å². The topological polar surface area (TPSA) is 80.5 Å². The Kier molecular flexibility index (Phi) is 3.80. The number of benzene rings is 1. The lowest BCUT2D eigenvalue weighted by Crippen LogP contribution is -2.43. The second kappa shape index (κ2) is 5.21. The molecule has 5 nitrogen and oxygen atoms in total. The highest BCUT2D eigenvalue weighted by atomic mass is 32.2. The Balaban J connectivity index is 2.24. The normalized spacial score (nSPS) is 21.8. The van der Waals surface area contributed by atoms with E-state index >= 15 is 0 Å². The van der Waals surface area contributed by atoms with Crippen LogP contribution in [0.25, 0.3) is 0 Å². The molecule has 1 aliphatic rings. The number of nitrogen functional groups attached to an aromatic ring is 1. The lowest BCUT2D eigenvalue weighted by Gasteiger charge is -2.26. The zero-order valence-electron chi connectivity index (χ0n) is 10.9. The van der Waals surface area contributed by atoms with Crippen LogP contribution in [0.2, 0.25) is 0 Å². The van der Waals surface area contributed by atoms with E-state index in [0.29, 0.717) is 24.2 Å². The van der Waals surface area contributed by atoms with E-state index in [4.69, 9.17) is 5.73 Å². The molecule has 1 fully saturated rings. The zero-order chi connectivity index (χ0) is 14.0. The fraction of sp³-hybridized carbons (Fsp3) is 0.462. The second-order valence-corrected chi connectivity index (χ2v) is 7.15. The first-order valence-corrected chi connectivity index (χ1v) is 7.98. The number of amides is 1. The lowest BCUT2D eigenvalue weighted by molar-refractivity contribution is -0.118. The van der Waals surface area contributed by atoms with Gasteiger partial charge in [-0.25, -0.2) is 8.42 Å². The van der Waals surface area contributed by atoms with Crippen molar-refractivity contribution < 1.29 is 13.2 Å². The summed E-state index contributed by atoms with van der Waals surface area (Å²) in [5.74, 6) is -0.265. The number of rotatable bonds is 2. The molecule has 0 radical (unpaired) electrons. The number of hydrogen-bond donors (Lipinski definition) is 1. The number of nitrogens with two attached hydrogens (primary N) is 1. The summed E-state index contributed by atoms with van der Waals surface area (Å²) < 4.78 is 23.9. The average molecular weight is 282 g/mol. The molecule has 1 aromatic rings. The number of carbonyl (C=O) groups excluding carboxylic acids is 1. The lowest BCUT2D eigenvalue weighted by atomic mass is 10.1. The van der Waals surface area contributed by atoms with Gasteiger partial charge >= 0.3 is 0 Å². The van der Waals surface area contributed by atoms with Gasteiger partial charge in [0.25, 0.3) is 0 Å². The van der Waals surface area contributed by atoms with E-state index in [1.165, 1.54) is 4.90 Å². The summed E-state index contributed by atoms with van der Waals surface area (Å²) in [7, 11) is -1.72. The van der Waals surface area contributed by atoms with Crippen molar-refractivity contribution in [3.8, 4) is 0 Å². The maximum absolute atomic E-state index is 12.3. The van der Waals surface area contributed by atoms with Crippen LogP contribution >= 0.6 is 0 Å². The molecule has 0 spiro atoms.